The van der Waals surface area contributed by atoms with E-state index in [4.69, 9.17) is 5.14 Å². The van der Waals surface area contributed by atoms with Crippen molar-refractivity contribution < 1.29 is 13.2 Å². The number of nitrogens with one attached hydrogen (secondary N) is 2. The van der Waals surface area contributed by atoms with Gasteiger partial charge >= 0.3 is 0 Å². The topological polar surface area (TPSA) is 127 Å². The molecule has 4 N–H and O–H groups in total. The Morgan fingerprint density at radius 2 is 2.11 bits per heavy atom. The fourth-order valence-electron chi connectivity index (χ4n) is 1.00. The number of amides is 1. The number of aromatic nitrogens is 2. The van der Waals surface area contributed by atoms with Crippen LogP contribution in [0.2, 0.25) is 0 Å². The quantitative estimate of drug-likeness (QED) is 0.614. The van der Waals surface area contributed by atoms with Crippen molar-refractivity contribution in [3.8, 4) is 0 Å². The minimum atomic E-state index is -3.57. The second kappa shape index (κ2) is 6.61. The SMILES string of the molecule is CCCNc1nnc(C(=O)NCCS(N)(=O)=O)s1. The van der Waals surface area contributed by atoms with Gasteiger partial charge in [-0.05, 0) is 6.42 Å². The third-order valence-corrected chi connectivity index (χ3v) is 3.47. The maximum absolute atomic E-state index is 11.6. The first-order valence-electron chi connectivity index (χ1n) is 5.28. The highest BCUT2D eigenvalue weighted by Gasteiger charge is 2.13. The van der Waals surface area contributed by atoms with Gasteiger partial charge in [0.2, 0.25) is 20.2 Å². The van der Waals surface area contributed by atoms with E-state index in [1.807, 2.05) is 6.92 Å². The van der Waals surface area contributed by atoms with Crippen LogP contribution >= 0.6 is 11.3 Å². The normalized spacial score (nSPS) is 11.2. The van der Waals surface area contributed by atoms with Crippen molar-refractivity contribution in [1.29, 1.82) is 0 Å². The molecule has 0 saturated heterocycles. The lowest BCUT2D eigenvalue weighted by Gasteiger charge is -2.00. The standard InChI is InChI=1S/C8H15N5O3S2/c1-2-3-11-8-13-12-7(17-8)6(14)10-4-5-18(9,15)16/h2-5H2,1H3,(H,10,14)(H,11,13)(H2,9,15,16). The molecule has 18 heavy (non-hydrogen) atoms. The number of carbonyl (C=O) groups is 1. The number of hydrogen-bond donors (Lipinski definition) is 3. The molecule has 0 unspecified atom stereocenters. The summed E-state index contributed by atoms with van der Waals surface area (Å²) < 4.78 is 21.3. The van der Waals surface area contributed by atoms with E-state index in [9.17, 15) is 13.2 Å². The Balaban J connectivity index is 2.44. The fraction of sp³-hybridized carbons (Fsp3) is 0.625. The van der Waals surface area contributed by atoms with Crippen LogP contribution in [0.25, 0.3) is 0 Å². The number of rotatable bonds is 7. The molecule has 0 fully saturated rings. The zero-order valence-electron chi connectivity index (χ0n) is 9.84. The van der Waals surface area contributed by atoms with Crippen molar-refractivity contribution in [1.82, 2.24) is 15.5 Å². The van der Waals surface area contributed by atoms with Gasteiger partial charge in [0.25, 0.3) is 5.91 Å². The third kappa shape index (κ3) is 5.38. The molecule has 0 atom stereocenters. The van der Waals surface area contributed by atoms with Crippen LogP contribution in [-0.4, -0.2) is 43.4 Å². The Morgan fingerprint density at radius 1 is 1.39 bits per heavy atom. The Hall–Kier alpha value is -1.26. The van der Waals surface area contributed by atoms with Gasteiger partial charge in [0, 0.05) is 13.1 Å². The number of sulfonamides is 1. The highest BCUT2D eigenvalue weighted by Crippen LogP contribution is 2.14. The average molecular weight is 293 g/mol. The van der Waals surface area contributed by atoms with Crippen LogP contribution in [0.3, 0.4) is 0 Å². The molecule has 1 aromatic rings. The minimum Gasteiger partial charge on any atom is -0.360 e. The lowest BCUT2D eigenvalue weighted by atomic mass is 10.5. The molecule has 0 aliphatic heterocycles. The van der Waals surface area contributed by atoms with E-state index in [2.05, 4.69) is 20.8 Å². The Labute approximate surface area is 109 Å². The summed E-state index contributed by atoms with van der Waals surface area (Å²) in [5.41, 5.74) is 0. The zero-order valence-corrected chi connectivity index (χ0v) is 11.5. The van der Waals surface area contributed by atoms with Crippen molar-refractivity contribution in [3.05, 3.63) is 5.01 Å². The molecule has 0 radical (unpaired) electrons. The molecule has 1 amide bonds. The van der Waals surface area contributed by atoms with E-state index in [0.29, 0.717) is 5.13 Å². The summed E-state index contributed by atoms with van der Waals surface area (Å²) in [5.74, 6) is -0.765. The fourth-order valence-corrected chi connectivity index (χ4v) is 2.07. The summed E-state index contributed by atoms with van der Waals surface area (Å²) in [5, 5.41) is 18.4. The van der Waals surface area contributed by atoms with Crippen molar-refractivity contribution in [3.63, 3.8) is 0 Å². The highest BCUT2D eigenvalue weighted by molar-refractivity contribution is 7.89. The summed E-state index contributed by atoms with van der Waals surface area (Å²) in [6.07, 6.45) is 0.940. The van der Waals surface area contributed by atoms with Crippen molar-refractivity contribution in [2.24, 2.45) is 5.14 Å². The molecule has 0 saturated carbocycles. The molecule has 0 aliphatic carbocycles. The molecule has 102 valence electrons. The number of anilines is 1. The van der Waals surface area contributed by atoms with Crippen molar-refractivity contribution >= 4 is 32.4 Å². The summed E-state index contributed by atoms with van der Waals surface area (Å²) in [6, 6.07) is 0. The van der Waals surface area contributed by atoms with Gasteiger partial charge in [-0.3, -0.25) is 4.79 Å². The van der Waals surface area contributed by atoms with Gasteiger partial charge in [0.15, 0.2) is 0 Å². The molecule has 0 spiro atoms. The first kappa shape index (κ1) is 14.8. The van der Waals surface area contributed by atoms with Crippen LogP contribution in [0.5, 0.6) is 0 Å². The van der Waals surface area contributed by atoms with Crippen LogP contribution < -0.4 is 15.8 Å². The van der Waals surface area contributed by atoms with Gasteiger partial charge in [-0.1, -0.05) is 18.3 Å². The number of primary sulfonamides is 1. The maximum Gasteiger partial charge on any atom is 0.282 e. The minimum absolute atomic E-state index is 0.0467. The molecular weight excluding hydrogens is 278 g/mol. The molecule has 1 rings (SSSR count). The molecule has 10 heteroatoms. The van der Waals surface area contributed by atoms with Crippen LogP contribution in [-0.2, 0) is 10.0 Å². The molecule has 8 nitrogen and oxygen atoms in total. The molecule has 0 bridgehead atoms. The lowest BCUT2D eigenvalue weighted by molar-refractivity contribution is 0.0955. The molecule has 0 aliphatic rings. The van der Waals surface area contributed by atoms with E-state index in [0.717, 1.165) is 24.3 Å². The summed E-state index contributed by atoms with van der Waals surface area (Å²) in [7, 11) is -3.57. The molecular formula is C8H15N5O3S2. The molecule has 1 aromatic heterocycles. The van der Waals surface area contributed by atoms with Gasteiger partial charge in [0.05, 0.1) is 5.75 Å². The van der Waals surface area contributed by atoms with E-state index in [-0.39, 0.29) is 17.3 Å². The second-order valence-corrected chi connectivity index (χ2v) is 6.17. The van der Waals surface area contributed by atoms with E-state index in [1.54, 1.807) is 0 Å². The van der Waals surface area contributed by atoms with Crippen LogP contribution in [0.15, 0.2) is 0 Å². The van der Waals surface area contributed by atoms with Gasteiger partial charge in [-0.25, -0.2) is 13.6 Å². The van der Waals surface area contributed by atoms with Crippen LogP contribution in [0.4, 0.5) is 5.13 Å². The smallest absolute Gasteiger partial charge is 0.282 e. The summed E-state index contributed by atoms with van der Waals surface area (Å²) in [4.78, 5) is 11.6. The Bertz CT molecular complexity index is 499. The first-order chi connectivity index (χ1) is 8.42. The van der Waals surface area contributed by atoms with E-state index in [1.165, 1.54) is 0 Å². The lowest BCUT2D eigenvalue weighted by Crippen LogP contribution is -2.31. The maximum atomic E-state index is 11.6. The van der Waals surface area contributed by atoms with Crippen LogP contribution in [0, 0.1) is 0 Å². The first-order valence-corrected chi connectivity index (χ1v) is 7.81. The number of nitrogens with two attached hydrogens (primary N) is 1. The van der Waals surface area contributed by atoms with E-state index < -0.39 is 15.9 Å². The number of carbonyl (C=O) groups excluding carboxylic acids is 1. The number of nitrogens with zero attached hydrogens (tertiary/aromatic N) is 2. The average Bonchev–Trinajstić information content (AvgIpc) is 2.73. The summed E-state index contributed by atoms with van der Waals surface area (Å²) in [6.45, 7) is 2.71. The molecule has 1 heterocycles. The Morgan fingerprint density at radius 3 is 2.72 bits per heavy atom. The third-order valence-electron chi connectivity index (χ3n) is 1.82. The Kier molecular flexibility index (Phi) is 5.44. The van der Waals surface area contributed by atoms with Crippen molar-refractivity contribution in [2.75, 3.05) is 24.2 Å². The van der Waals surface area contributed by atoms with Gasteiger partial charge in [-0.15, -0.1) is 10.2 Å². The van der Waals surface area contributed by atoms with Gasteiger partial charge in [0.1, 0.15) is 0 Å². The second-order valence-electron chi connectivity index (χ2n) is 3.46. The van der Waals surface area contributed by atoms with Crippen molar-refractivity contribution in [2.45, 2.75) is 13.3 Å². The largest absolute Gasteiger partial charge is 0.360 e. The van der Waals surface area contributed by atoms with Crippen LogP contribution in [0.1, 0.15) is 23.1 Å². The van der Waals surface area contributed by atoms with Gasteiger partial charge < -0.3 is 10.6 Å². The molecule has 0 aromatic carbocycles. The predicted octanol–water partition coefficient (Wildman–Crippen LogP) is -0.622. The monoisotopic (exact) mass is 293 g/mol. The summed E-state index contributed by atoms with van der Waals surface area (Å²) >= 11 is 1.11. The number of hydrogen-bond acceptors (Lipinski definition) is 7. The van der Waals surface area contributed by atoms with E-state index >= 15 is 0 Å². The predicted molar refractivity (Wildman–Crippen MR) is 69.0 cm³/mol. The zero-order chi connectivity index (χ0) is 13.6. The highest BCUT2D eigenvalue weighted by atomic mass is 32.2. The van der Waals surface area contributed by atoms with Gasteiger partial charge in [-0.2, -0.15) is 0 Å².